The Morgan fingerprint density at radius 1 is 1.00 bits per heavy atom. The highest BCUT2D eigenvalue weighted by Crippen LogP contribution is 2.35. The van der Waals surface area contributed by atoms with E-state index in [4.69, 9.17) is 17.3 Å². The summed E-state index contributed by atoms with van der Waals surface area (Å²) in [6.07, 6.45) is -4.54. The molecule has 0 saturated carbocycles. The lowest BCUT2D eigenvalue weighted by atomic mass is 10.2. The van der Waals surface area contributed by atoms with Gasteiger partial charge in [-0.3, -0.25) is 0 Å². The van der Waals surface area contributed by atoms with E-state index in [0.29, 0.717) is 11.4 Å². The maximum atomic E-state index is 12.6. The third-order valence-electron chi connectivity index (χ3n) is 2.70. The van der Waals surface area contributed by atoms with Crippen molar-refractivity contribution in [2.24, 2.45) is 0 Å². The number of alkyl halides is 3. The number of benzene rings is 2. The molecule has 0 atom stereocenters. The molecule has 4 nitrogen and oxygen atoms in total. The van der Waals surface area contributed by atoms with Crippen molar-refractivity contribution in [1.82, 2.24) is 0 Å². The topological polar surface area (TPSA) is 67.1 Å². The van der Waals surface area contributed by atoms with Crippen molar-refractivity contribution in [1.29, 1.82) is 0 Å². The summed E-state index contributed by atoms with van der Waals surface area (Å²) >= 11 is 5.57. The zero-order valence-corrected chi connectivity index (χ0v) is 11.8. The molecule has 2 aromatic carbocycles. The standard InChI is InChI=1S/C14H11ClF3N3O/c15-12-7-10(5-6-11(12)14(16,17)18)21-13(22)20-9-3-1-8(19)2-4-9/h1-7H,19H2,(H2,20,21,22). The summed E-state index contributed by atoms with van der Waals surface area (Å²) in [6, 6.07) is 8.74. The Morgan fingerprint density at radius 3 is 2.09 bits per heavy atom. The van der Waals surface area contributed by atoms with Crippen LogP contribution in [0.1, 0.15) is 5.56 Å². The van der Waals surface area contributed by atoms with Gasteiger partial charge in [0.05, 0.1) is 10.6 Å². The van der Waals surface area contributed by atoms with Crippen molar-refractivity contribution >= 4 is 34.7 Å². The number of carbonyl (C=O) groups is 1. The van der Waals surface area contributed by atoms with E-state index in [1.54, 1.807) is 24.3 Å². The highest BCUT2D eigenvalue weighted by molar-refractivity contribution is 6.31. The van der Waals surface area contributed by atoms with Crippen LogP contribution in [0.4, 0.5) is 35.0 Å². The molecule has 2 aromatic rings. The molecule has 0 heterocycles. The van der Waals surface area contributed by atoms with E-state index in [0.717, 1.165) is 18.2 Å². The molecular formula is C14H11ClF3N3O. The van der Waals surface area contributed by atoms with Crippen LogP contribution in [0.2, 0.25) is 5.02 Å². The summed E-state index contributed by atoms with van der Waals surface area (Å²) in [6.45, 7) is 0. The monoisotopic (exact) mass is 329 g/mol. The van der Waals surface area contributed by atoms with Gasteiger partial charge in [-0.05, 0) is 42.5 Å². The summed E-state index contributed by atoms with van der Waals surface area (Å²) < 4.78 is 37.7. The van der Waals surface area contributed by atoms with Crippen molar-refractivity contribution in [2.75, 3.05) is 16.4 Å². The van der Waals surface area contributed by atoms with E-state index in [2.05, 4.69) is 10.6 Å². The fourth-order valence-electron chi connectivity index (χ4n) is 1.68. The molecule has 2 rings (SSSR count). The van der Waals surface area contributed by atoms with Gasteiger partial charge in [0.15, 0.2) is 0 Å². The molecule has 0 aliphatic rings. The smallest absolute Gasteiger partial charge is 0.399 e. The van der Waals surface area contributed by atoms with E-state index in [9.17, 15) is 18.0 Å². The van der Waals surface area contributed by atoms with E-state index in [-0.39, 0.29) is 5.69 Å². The van der Waals surface area contributed by atoms with Crippen LogP contribution in [-0.2, 0) is 6.18 Å². The number of nitrogens with two attached hydrogens (primary N) is 1. The minimum absolute atomic E-state index is 0.144. The Morgan fingerprint density at radius 2 is 1.55 bits per heavy atom. The largest absolute Gasteiger partial charge is 0.417 e. The Hall–Kier alpha value is -2.41. The lowest BCUT2D eigenvalue weighted by Crippen LogP contribution is -2.19. The number of halogens is 4. The van der Waals surface area contributed by atoms with Crippen LogP contribution >= 0.6 is 11.6 Å². The number of hydrogen-bond acceptors (Lipinski definition) is 2. The molecule has 0 bridgehead atoms. The van der Waals surface area contributed by atoms with Crippen molar-refractivity contribution in [3.05, 3.63) is 53.1 Å². The number of nitrogen functional groups attached to an aromatic ring is 1. The van der Waals surface area contributed by atoms with E-state index >= 15 is 0 Å². The molecule has 0 fully saturated rings. The van der Waals surface area contributed by atoms with Crippen molar-refractivity contribution in [2.45, 2.75) is 6.18 Å². The van der Waals surface area contributed by atoms with Crippen LogP contribution in [0.15, 0.2) is 42.5 Å². The number of carbonyl (C=O) groups excluding carboxylic acids is 1. The van der Waals surface area contributed by atoms with Crippen LogP contribution in [0.5, 0.6) is 0 Å². The lowest BCUT2D eigenvalue weighted by Gasteiger charge is -2.11. The summed E-state index contributed by atoms with van der Waals surface area (Å²) in [5, 5.41) is 4.41. The Labute approximate surface area is 129 Å². The van der Waals surface area contributed by atoms with Gasteiger partial charge in [-0.15, -0.1) is 0 Å². The van der Waals surface area contributed by atoms with Crippen LogP contribution in [-0.4, -0.2) is 6.03 Å². The second kappa shape index (κ2) is 6.15. The van der Waals surface area contributed by atoms with Gasteiger partial charge in [0, 0.05) is 17.1 Å². The molecule has 4 N–H and O–H groups in total. The predicted molar refractivity (Wildman–Crippen MR) is 79.9 cm³/mol. The number of rotatable bonds is 2. The Balaban J connectivity index is 2.06. The number of urea groups is 1. The SMILES string of the molecule is Nc1ccc(NC(=O)Nc2ccc(C(F)(F)F)c(Cl)c2)cc1. The fraction of sp³-hybridized carbons (Fsp3) is 0.0714. The Bertz CT molecular complexity index is 687. The van der Waals surface area contributed by atoms with Crippen LogP contribution < -0.4 is 16.4 Å². The zero-order chi connectivity index (χ0) is 16.3. The van der Waals surface area contributed by atoms with Crippen LogP contribution in [0.3, 0.4) is 0 Å². The van der Waals surface area contributed by atoms with Gasteiger partial charge < -0.3 is 16.4 Å². The summed E-state index contributed by atoms with van der Waals surface area (Å²) in [5.74, 6) is 0. The average Bonchev–Trinajstić information content (AvgIpc) is 2.40. The molecule has 2 amide bonds. The van der Waals surface area contributed by atoms with Gasteiger partial charge in [-0.25, -0.2) is 4.79 Å². The molecule has 8 heteroatoms. The zero-order valence-electron chi connectivity index (χ0n) is 11.0. The number of anilines is 3. The van der Waals surface area contributed by atoms with Crippen molar-refractivity contribution in [3.8, 4) is 0 Å². The summed E-state index contributed by atoms with van der Waals surface area (Å²) in [7, 11) is 0. The molecule has 0 aliphatic carbocycles. The first-order valence-electron chi connectivity index (χ1n) is 6.06. The van der Waals surface area contributed by atoms with E-state index < -0.39 is 22.8 Å². The number of hydrogen-bond donors (Lipinski definition) is 3. The quantitative estimate of drug-likeness (QED) is 0.706. The molecule has 0 saturated heterocycles. The normalized spacial score (nSPS) is 11.1. The predicted octanol–water partition coefficient (Wildman–Crippen LogP) is 4.59. The fourth-order valence-corrected chi connectivity index (χ4v) is 1.97. The molecular weight excluding hydrogens is 319 g/mol. The first-order chi connectivity index (χ1) is 10.3. The molecule has 0 radical (unpaired) electrons. The first kappa shape index (κ1) is 16.0. The van der Waals surface area contributed by atoms with Gasteiger partial charge in [0.25, 0.3) is 0 Å². The van der Waals surface area contributed by atoms with Gasteiger partial charge in [-0.1, -0.05) is 11.6 Å². The van der Waals surface area contributed by atoms with Gasteiger partial charge >= 0.3 is 12.2 Å². The highest BCUT2D eigenvalue weighted by atomic mass is 35.5. The first-order valence-corrected chi connectivity index (χ1v) is 6.44. The lowest BCUT2D eigenvalue weighted by molar-refractivity contribution is -0.137. The second-order valence-electron chi connectivity index (χ2n) is 4.39. The van der Waals surface area contributed by atoms with Gasteiger partial charge in [0.1, 0.15) is 0 Å². The van der Waals surface area contributed by atoms with Crippen molar-refractivity contribution in [3.63, 3.8) is 0 Å². The minimum Gasteiger partial charge on any atom is -0.399 e. The number of amides is 2. The Kier molecular flexibility index (Phi) is 4.46. The highest BCUT2D eigenvalue weighted by Gasteiger charge is 2.33. The maximum Gasteiger partial charge on any atom is 0.417 e. The van der Waals surface area contributed by atoms with Crippen molar-refractivity contribution < 1.29 is 18.0 Å². The number of nitrogens with one attached hydrogen (secondary N) is 2. The summed E-state index contributed by atoms with van der Waals surface area (Å²) in [5.41, 5.74) is 5.73. The second-order valence-corrected chi connectivity index (χ2v) is 4.80. The molecule has 22 heavy (non-hydrogen) atoms. The maximum absolute atomic E-state index is 12.6. The van der Waals surface area contributed by atoms with Gasteiger partial charge in [-0.2, -0.15) is 13.2 Å². The third kappa shape index (κ3) is 4.05. The molecule has 0 spiro atoms. The molecule has 116 valence electrons. The minimum atomic E-state index is -4.54. The molecule has 0 aromatic heterocycles. The van der Waals surface area contributed by atoms with E-state index in [1.807, 2.05) is 0 Å². The molecule has 0 aliphatic heterocycles. The van der Waals surface area contributed by atoms with Crippen LogP contribution in [0, 0.1) is 0 Å². The van der Waals surface area contributed by atoms with Crippen LogP contribution in [0.25, 0.3) is 0 Å². The van der Waals surface area contributed by atoms with Gasteiger partial charge in [0.2, 0.25) is 0 Å². The molecule has 0 unspecified atom stereocenters. The summed E-state index contributed by atoms with van der Waals surface area (Å²) in [4.78, 5) is 11.7. The average molecular weight is 330 g/mol. The van der Waals surface area contributed by atoms with E-state index in [1.165, 1.54) is 0 Å². The third-order valence-corrected chi connectivity index (χ3v) is 3.01.